The molecular weight excluding hydrogens is 296 g/mol. The molecule has 1 fully saturated rings. The minimum atomic E-state index is -0.391. The fraction of sp³-hybridized carbons (Fsp3) is 0.591. The fourth-order valence-electron chi connectivity index (χ4n) is 4.11. The maximum Gasteiger partial charge on any atom is 0.384 e. The summed E-state index contributed by atoms with van der Waals surface area (Å²) in [4.78, 5) is 11.9. The molecule has 0 aliphatic heterocycles. The van der Waals surface area contributed by atoms with E-state index in [2.05, 4.69) is 64.7 Å². The van der Waals surface area contributed by atoms with Crippen LogP contribution in [0.5, 0.6) is 0 Å². The summed E-state index contributed by atoms with van der Waals surface area (Å²) in [6, 6.07) is 6.75. The topological polar surface area (TPSA) is 26.3 Å². The Morgan fingerprint density at radius 1 is 1.17 bits per heavy atom. The Morgan fingerprint density at radius 2 is 1.79 bits per heavy atom. The molecule has 1 aliphatic rings. The highest BCUT2D eigenvalue weighted by Gasteiger charge is 2.42. The maximum absolute atomic E-state index is 11.9. The fourth-order valence-corrected chi connectivity index (χ4v) is 4.11. The minimum absolute atomic E-state index is 0.0402. The quantitative estimate of drug-likeness (QED) is 0.446. The molecule has 0 amide bonds. The first-order valence-electron chi connectivity index (χ1n) is 8.96. The minimum Gasteiger partial charge on any atom is -0.452 e. The summed E-state index contributed by atoms with van der Waals surface area (Å²) in [7, 11) is 0. The predicted octanol–water partition coefficient (Wildman–Crippen LogP) is 4.95. The molecular formula is C22H30O2. The molecule has 0 bridgehead atoms. The van der Waals surface area contributed by atoms with Crippen LogP contribution in [0.15, 0.2) is 18.2 Å². The number of rotatable bonds is 3. The van der Waals surface area contributed by atoms with Gasteiger partial charge < -0.3 is 4.74 Å². The maximum atomic E-state index is 11.9. The zero-order valence-electron chi connectivity index (χ0n) is 15.9. The van der Waals surface area contributed by atoms with Crippen molar-refractivity contribution in [2.24, 2.45) is 11.8 Å². The number of carbonyl (C=O) groups excluding carboxylic acids is 1. The van der Waals surface area contributed by atoms with Crippen LogP contribution >= 0.6 is 0 Å². The van der Waals surface area contributed by atoms with Crippen molar-refractivity contribution >= 4 is 5.97 Å². The van der Waals surface area contributed by atoms with Crippen LogP contribution in [0.25, 0.3) is 0 Å². The van der Waals surface area contributed by atoms with Gasteiger partial charge in [-0.05, 0) is 50.5 Å². The van der Waals surface area contributed by atoms with Crippen molar-refractivity contribution in [1.29, 1.82) is 0 Å². The second-order valence-corrected chi connectivity index (χ2v) is 7.94. The van der Waals surface area contributed by atoms with Gasteiger partial charge in [-0.2, -0.15) is 0 Å². The third kappa shape index (κ3) is 4.20. The van der Waals surface area contributed by atoms with E-state index in [-0.39, 0.29) is 11.5 Å². The summed E-state index contributed by atoms with van der Waals surface area (Å²) >= 11 is 0. The predicted molar refractivity (Wildman–Crippen MR) is 98.8 cm³/mol. The lowest BCUT2D eigenvalue weighted by Gasteiger charge is -2.44. The molecule has 0 aromatic heterocycles. The number of hydrogen-bond acceptors (Lipinski definition) is 2. The molecule has 2 heteroatoms. The van der Waals surface area contributed by atoms with E-state index in [0.717, 1.165) is 12.8 Å². The number of carbonyl (C=O) groups is 1. The smallest absolute Gasteiger partial charge is 0.384 e. The van der Waals surface area contributed by atoms with Gasteiger partial charge in [0, 0.05) is 11.8 Å². The third-order valence-electron chi connectivity index (χ3n) is 5.43. The molecule has 1 aromatic carbocycles. The van der Waals surface area contributed by atoms with Gasteiger partial charge in [-0.3, -0.25) is 0 Å². The van der Waals surface area contributed by atoms with E-state index in [1.807, 2.05) is 0 Å². The normalized spacial score (nSPS) is 24.0. The number of ether oxygens (including phenoxy) is 1. The average Bonchev–Trinajstić information content (AvgIpc) is 2.46. The van der Waals surface area contributed by atoms with Crippen molar-refractivity contribution in [3.8, 4) is 11.8 Å². The van der Waals surface area contributed by atoms with Gasteiger partial charge >= 0.3 is 5.97 Å². The third-order valence-corrected chi connectivity index (χ3v) is 5.43. The molecule has 0 spiro atoms. The number of benzene rings is 1. The SMILES string of the molecule is CC#CC(=O)O[C@@H]1C[C@H](C)CC[C@H]1C(C)(C)c1cc(C)cc(C)c1. The summed E-state index contributed by atoms with van der Waals surface area (Å²) in [5.41, 5.74) is 3.86. The van der Waals surface area contributed by atoms with Crippen LogP contribution in [-0.2, 0) is 14.9 Å². The van der Waals surface area contributed by atoms with Crippen LogP contribution < -0.4 is 0 Å². The Bertz CT molecular complexity index is 640. The lowest BCUT2D eigenvalue weighted by Crippen LogP contribution is -2.43. The Morgan fingerprint density at radius 3 is 2.38 bits per heavy atom. The lowest BCUT2D eigenvalue weighted by molar-refractivity contribution is -0.149. The summed E-state index contributed by atoms with van der Waals surface area (Å²) in [5.74, 6) is 5.68. The van der Waals surface area contributed by atoms with E-state index >= 15 is 0 Å². The molecule has 0 unspecified atom stereocenters. The number of hydrogen-bond donors (Lipinski definition) is 0. The molecule has 0 saturated heterocycles. The van der Waals surface area contributed by atoms with Crippen molar-refractivity contribution in [2.45, 2.75) is 72.3 Å². The Balaban J connectivity index is 2.32. The van der Waals surface area contributed by atoms with Crippen molar-refractivity contribution in [2.75, 3.05) is 0 Å². The van der Waals surface area contributed by atoms with Gasteiger partial charge in [0.2, 0.25) is 0 Å². The molecule has 0 radical (unpaired) electrons. The van der Waals surface area contributed by atoms with Crippen LogP contribution in [0, 0.1) is 37.5 Å². The van der Waals surface area contributed by atoms with Crippen LogP contribution in [0.1, 0.15) is 63.6 Å². The molecule has 1 aromatic rings. The molecule has 1 saturated carbocycles. The highest BCUT2D eigenvalue weighted by molar-refractivity contribution is 5.88. The highest BCUT2D eigenvalue weighted by Crippen LogP contribution is 2.44. The van der Waals surface area contributed by atoms with Crippen molar-refractivity contribution < 1.29 is 9.53 Å². The van der Waals surface area contributed by atoms with Crippen LogP contribution in [-0.4, -0.2) is 12.1 Å². The summed E-state index contributed by atoms with van der Waals surface area (Å²) in [6.07, 6.45) is 3.14. The first-order chi connectivity index (χ1) is 11.2. The van der Waals surface area contributed by atoms with E-state index in [0.29, 0.717) is 11.8 Å². The first-order valence-corrected chi connectivity index (χ1v) is 8.96. The van der Waals surface area contributed by atoms with E-state index < -0.39 is 5.97 Å². The van der Waals surface area contributed by atoms with Gasteiger partial charge in [-0.25, -0.2) is 4.79 Å². The highest BCUT2D eigenvalue weighted by atomic mass is 16.5. The van der Waals surface area contributed by atoms with Gasteiger partial charge in [0.05, 0.1) is 0 Å². The van der Waals surface area contributed by atoms with Crippen molar-refractivity contribution in [3.05, 3.63) is 34.9 Å². The molecule has 130 valence electrons. The Hall–Kier alpha value is -1.75. The Labute approximate surface area is 147 Å². The van der Waals surface area contributed by atoms with Gasteiger partial charge in [0.15, 0.2) is 0 Å². The largest absolute Gasteiger partial charge is 0.452 e. The number of aryl methyl sites for hydroxylation is 2. The zero-order valence-corrected chi connectivity index (χ0v) is 15.9. The Kier molecular flexibility index (Phi) is 5.75. The summed E-state index contributed by atoms with van der Waals surface area (Å²) in [5, 5.41) is 0. The lowest BCUT2D eigenvalue weighted by atomic mass is 9.64. The van der Waals surface area contributed by atoms with Crippen molar-refractivity contribution in [3.63, 3.8) is 0 Å². The van der Waals surface area contributed by atoms with E-state index in [4.69, 9.17) is 4.74 Å². The van der Waals surface area contributed by atoms with Crippen LogP contribution in [0.2, 0.25) is 0 Å². The molecule has 2 rings (SSSR count). The first kappa shape index (κ1) is 18.6. The second kappa shape index (κ2) is 7.43. The van der Waals surface area contributed by atoms with Gasteiger partial charge in [0.1, 0.15) is 6.10 Å². The standard InChI is InChI=1S/C22H30O2/c1-7-8-21(23)24-20-14-15(2)9-10-19(20)22(5,6)18-12-16(3)11-17(4)13-18/h11-13,15,19-20H,9-10,14H2,1-6H3/t15-,19-,20-/m1/s1. The molecule has 1 aliphatic carbocycles. The second-order valence-electron chi connectivity index (χ2n) is 7.94. The molecule has 0 heterocycles. The zero-order chi connectivity index (χ0) is 17.9. The van der Waals surface area contributed by atoms with Gasteiger partial charge in [-0.1, -0.05) is 62.4 Å². The van der Waals surface area contributed by atoms with Gasteiger partial charge in [0.25, 0.3) is 0 Å². The van der Waals surface area contributed by atoms with E-state index in [9.17, 15) is 4.79 Å². The molecule has 24 heavy (non-hydrogen) atoms. The van der Waals surface area contributed by atoms with Gasteiger partial charge in [-0.15, -0.1) is 0 Å². The van der Waals surface area contributed by atoms with E-state index in [1.54, 1.807) is 6.92 Å². The summed E-state index contributed by atoms with van der Waals surface area (Å²) in [6.45, 7) is 12.8. The van der Waals surface area contributed by atoms with Crippen LogP contribution in [0.4, 0.5) is 0 Å². The average molecular weight is 326 g/mol. The van der Waals surface area contributed by atoms with Crippen molar-refractivity contribution in [1.82, 2.24) is 0 Å². The van der Waals surface area contributed by atoms with Crippen LogP contribution in [0.3, 0.4) is 0 Å². The molecule has 2 nitrogen and oxygen atoms in total. The monoisotopic (exact) mass is 326 g/mol. The van der Waals surface area contributed by atoms with E-state index in [1.165, 1.54) is 23.1 Å². The summed E-state index contributed by atoms with van der Waals surface area (Å²) < 4.78 is 5.77. The number of esters is 1. The molecule has 0 N–H and O–H groups in total. The molecule has 3 atom stereocenters.